The zero-order valence-corrected chi connectivity index (χ0v) is 17.1. The van der Waals surface area contributed by atoms with Crippen molar-refractivity contribution in [3.8, 4) is 0 Å². The number of carbonyl (C=O) groups is 1. The minimum absolute atomic E-state index is 0.131. The Bertz CT molecular complexity index is 830. The molecule has 1 N–H and O–H groups in total. The van der Waals surface area contributed by atoms with Gasteiger partial charge in [-0.05, 0) is 81.4 Å². The maximum Gasteiger partial charge on any atom is 0.251 e. The molecule has 3 fully saturated rings. The van der Waals surface area contributed by atoms with E-state index in [1.807, 2.05) is 6.92 Å². The van der Waals surface area contributed by atoms with Crippen LogP contribution in [0.15, 0.2) is 23.1 Å². The number of rotatable bonds is 5. The average molecular weight is 391 g/mol. The highest BCUT2D eigenvalue weighted by Gasteiger charge is 2.42. The number of nitrogens with one attached hydrogen (secondary N) is 1. The van der Waals surface area contributed by atoms with Crippen LogP contribution in [-0.4, -0.2) is 37.8 Å². The molecule has 1 amide bonds. The molecule has 4 rings (SSSR count). The summed E-state index contributed by atoms with van der Waals surface area (Å²) in [6, 6.07) is 5.07. The van der Waals surface area contributed by atoms with Gasteiger partial charge in [0.15, 0.2) is 0 Å². The first-order chi connectivity index (χ1) is 12.9. The number of sulfonamides is 1. The van der Waals surface area contributed by atoms with Gasteiger partial charge in [-0.3, -0.25) is 4.79 Å². The highest BCUT2D eigenvalue weighted by Crippen LogP contribution is 2.49. The summed E-state index contributed by atoms with van der Waals surface area (Å²) in [5.41, 5.74) is 1.29. The number of aryl methyl sites for hydroxylation is 1. The molecular weight excluding hydrogens is 360 g/mol. The van der Waals surface area contributed by atoms with Crippen LogP contribution in [0.2, 0.25) is 0 Å². The van der Waals surface area contributed by atoms with Gasteiger partial charge in [0.05, 0.1) is 4.90 Å². The SMILES string of the molecule is Cc1ccc(S(=O)(=O)N2CCCC2)cc1C(=O)N[C@H](C)[C@H]1C[C@@H]2CC[C@@H]1C2. The van der Waals surface area contributed by atoms with E-state index in [2.05, 4.69) is 12.2 Å². The number of hydrogen-bond donors (Lipinski definition) is 1. The van der Waals surface area contributed by atoms with Crippen LogP contribution in [0.5, 0.6) is 0 Å². The molecule has 0 unspecified atom stereocenters. The van der Waals surface area contributed by atoms with Gasteiger partial charge in [-0.1, -0.05) is 12.5 Å². The van der Waals surface area contributed by atoms with Gasteiger partial charge in [0.2, 0.25) is 10.0 Å². The molecule has 27 heavy (non-hydrogen) atoms. The minimum Gasteiger partial charge on any atom is -0.349 e. The van der Waals surface area contributed by atoms with Crippen LogP contribution in [-0.2, 0) is 10.0 Å². The van der Waals surface area contributed by atoms with Crippen molar-refractivity contribution in [2.45, 2.75) is 63.3 Å². The molecule has 5 nitrogen and oxygen atoms in total. The summed E-state index contributed by atoms with van der Waals surface area (Å²) < 4.78 is 27.2. The summed E-state index contributed by atoms with van der Waals surface area (Å²) in [6.07, 6.45) is 6.97. The molecule has 1 saturated heterocycles. The highest BCUT2D eigenvalue weighted by molar-refractivity contribution is 7.89. The Morgan fingerprint density at radius 1 is 1.19 bits per heavy atom. The van der Waals surface area contributed by atoms with Gasteiger partial charge in [-0.15, -0.1) is 0 Å². The fourth-order valence-electron chi connectivity index (χ4n) is 5.38. The maximum absolute atomic E-state index is 12.9. The fourth-order valence-corrected chi connectivity index (χ4v) is 6.93. The number of nitrogens with zero attached hydrogens (tertiary/aromatic N) is 1. The first-order valence-corrected chi connectivity index (χ1v) is 11.7. The Morgan fingerprint density at radius 3 is 2.56 bits per heavy atom. The normalized spacial score (nSPS) is 29.2. The number of benzene rings is 1. The first kappa shape index (κ1) is 18.9. The van der Waals surface area contributed by atoms with Crippen molar-refractivity contribution in [2.24, 2.45) is 17.8 Å². The molecule has 0 spiro atoms. The summed E-state index contributed by atoms with van der Waals surface area (Å²) in [4.78, 5) is 13.1. The molecule has 1 heterocycles. The van der Waals surface area contributed by atoms with E-state index >= 15 is 0 Å². The molecule has 1 aliphatic heterocycles. The Morgan fingerprint density at radius 2 is 1.93 bits per heavy atom. The highest BCUT2D eigenvalue weighted by atomic mass is 32.2. The monoisotopic (exact) mass is 390 g/mol. The molecule has 2 bridgehead atoms. The molecular formula is C21H30N2O3S. The molecule has 3 aliphatic rings. The molecule has 0 aromatic heterocycles. The van der Waals surface area contributed by atoms with Crippen molar-refractivity contribution in [3.63, 3.8) is 0 Å². The quantitative estimate of drug-likeness (QED) is 0.839. The van der Waals surface area contributed by atoms with Gasteiger partial charge in [-0.25, -0.2) is 8.42 Å². The molecule has 1 aromatic rings. The third-order valence-electron chi connectivity index (χ3n) is 6.95. The van der Waals surface area contributed by atoms with E-state index in [1.54, 1.807) is 18.2 Å². The second-order valence-corrected chi connectivity index (χ2v) is 10.6. The Labute approximate surface area is 162 Å². The lowest BCUT2D eigenvalue weighted by molar-refractivity contribution is 0.0914. The standard InChI is InChI=1S/C21H30N2O3S/c1-14-5-8-18(27(25,26)23-9-3-4-10-23)13-19(14)21(24)22-15(2)20-12-16-6-7-17(20)11-16/h5,8,13,15-17,20H,3-4,6-7,9-12H2,1-2H3,(H,22,24)/t15-,16-,17-,20-/m1/s1. The number of amides is 1. The molecule has 4 atom stereocenters. The zero-order valence-electron chi connectivity index (χ0n) is 16.3. The van der Waals surface area contributed by atoms with Gasteiger partial charge >= 0.3 is 0 Å². The van der Waals surface area contributed by atoms with Crippen LogP contribution < -0.4 is 5.32 Å². The van der Waals surface area contributed by atoms with E-state index in [0.717, 1.165) is 30.2 Å². The van der Waals surface area contributed by atoms with Gasteiger partial charge in [0.1, 0.15) is 0 Å². The Kier molecular flexibility index (Phi) is 5.06. The van der Waals surface area contributed by atoms with E-state index in [9.17, 15) is 13.2 Å². The Hall–Kier alpha value is -1.40. The third kappa shape index (κ3) is 3.54. The van der Waals surface area contributed by atoms with Crippen molar-refractivity contribution < 1.29 is 13.2 Å². The second kappa shape index (κ2) is 7.21. The van der Waals surface area contributed by atoms with Crippen LogP contribution in [0.25, 0.3) is 0 Å². The molecule has 2 aliphatic carbocycles. The van der Waals surface area contributed by atoms with Crippen molar-refractivity contribution >= 4 is 15.9 Å². The number of fused-ring (bicyclic) bond motifs is 2. The topological polar surface area (TPSA) is 66.5 Å². The summed E-state index contributed by atoms with van der Waals surface area (Å²) in [7, 11) is -3.51. The molecule has 0 radical (unpaired) electrons. The summed E-state index contributed by atoms with van der Waals surface area (Å²) in [5, 5.41) is 3.16. The molecule has 2 saturated carbocycles. The van der Waals surface area contributed by atoms with Crippen molar-refractivity contribution in [1.29, 1.82) is 0 Å². The summed E-state index contributed by atoms with van der Waals surface area (Å²) in [5.74, 6) is 1.99. The third-order valence-corrected chi connectivity index (χ3v) is 8.84. The zero-order chi connectivity index (χ0) is 19.2. The fraction of sp³-hybridized carbons (Fsp3) is 0.667. The summed E-state index contributed by atoms with van der Waals surface area (Å²) in [6.45, 7) is 5.10. The van der Waals surface area contributed by atoms with Crippen molar-refractivity contribution in [1.82, 2.24) is 9.62 Å². The van der Waals surface area contributed by atoms with E-state index in [0.29, 0.717) is 24.6 Å². The summed E-state index contributed by atoms with van der Waals surface area (Å²) >= 11 is 0. The van der Waals surface area contributed by atoms with Gasteiger partial charge in [0.25, 0.3) is 5.91 Å². The van der Waals surface area contributed by atoms with Crippen molar-refractivity contribution in [3.05, 3.63) is 29.3 Å². The van der Waals surface area contributed by atoms with Crippen molar-refractivity contribution in [2.75, 3.05) is 13.1 Å². The van der Waals surface area contributed by atoms with E-state index < -0.39 is 10.0 Å². The van der Waals surface area contributed by atoms with Gasteiger partial charge < -0.3 is 5.32 Å². The average Bonchev–Trinajstić information content (AvgIpc) is 3.39. The van der Waals surface area contributed by atoms with Crippen LogP contribution in [0, 0.1) is 24.7 Å². The smallest absolute Gasteiger partial charge is 0.251 e. The van der Waals surface area contributed by atoms with E-state index in [4.69, 9.17) is 0 Å². The molecule has 148 valence electrons. The lowest BCUT2D eigenvalue weighted by Crippen LogP contribution is -2.40. The number of hydrogen-bond acceptors (Lipinski definition) is 3. The number of carbonyl (C=O) groups excluding carboxylic acids is 1. The first-order valence-electron chi connectivity index (χ1n) is 10.3. The molecule has 1 aromatic carbocycles. The van der Waals surface area contributed by atoms with Crippen LogP contribution in [0.4, 0.5) is 0 Å². The predicted molar refractivity (Wildman–Crippen MR) is 105 cm³/mol. The van der Waals surface area contributed by atoms with Crippen LogP contribution in [0.1, 0.15) is 61.4 Å². The van der Waals surface area contributed by atoms with E-state index in [1.165, 1.54) is 30.0 Å². The van der Waals surface area contributed by atoms with Gasteiger partial charge in [0, 0.05) is 24.7 Å². The molecule has 6 heteroatoms. The predicted octanol–water partition coefficient (Wildman–Crippen LogP) is 3.33. The van der Waals surface area contributed by atoms with E-state index in [-0.39, 0.29) is 16.8 Å². The second-order valence-electron chi connectivity index (χ2n) is 8.69. The minimum atomic E-state index is -3.51. The lowest BCUT2D eigenvalue weighted by atomic mass is 9.84. The van der Waals surface area contributed by atoms with Gasteiger partial charge in [-0.2, -0.15) is 4.31 Å². The van der Waals surface area contributed by atoms with Crippen LogP contribution in [0.3, 0.4) is 0 Å². The maximum atomic E-state index is 12.9. The Balaban J connectivity index is 1.51. The lowest BCUT2D eigenvalue weighted by Gasteiger charge is -2.28. The van der Waals surface area contributed by atoms with Crippen LogP contribution >= 0.6 is 0 Å². The largest absolute Gasteiger partial charge is 0.349 e.